The van der Waals surface area contributed by atoms with Crippen LogP contribution in [0.2, 0.25) is 0 Å². The number of nitro groups is 1. The zero-order chi connectivity index (χ0) is 20.2. The standard InChI is InChI=1S/C22H21NO5/c1-12-13(2)19(24)22(20(25)15-10-6-7-11-16(15)21(22)26)17(18(12)23(27)28)14-8-4-3-5-9-14/h3-13,17-19,24H,1-2H3/t12-,13-,17-,18+,19+/m1/s1. The van der Waals surface area contributed by atoms with Gasteiger partial charge in [-0.2, -0.15) is 0 Å². The Bertz CT molecular complexity index is 935. The molecule has 5 atom stereocenters. The van der Waals surface area contributed by atoms with E-state index in [2.05, 4.69) is 0 Å². The molecule has 28 heavy (non-hydrogen) atoms. The molecule has 0 aromatic heterocycles. The molecule has 2 aliphatic rings. The number of carbonyl (C=O) groups is 2. The molecule has 1 fully saturated rings. The van der Waals surface area contributed by atoms with Gasteiger partial charge in [0.25, 0.3) is 0 Å². The molecule has 0 bridgehead atoms. The zero-order valence-corrected chi connectivity index (χ0v) is 15.6. The third kappa shape index (κ3) is 2.18. The van der Waals surface area contributed by atoms with Gasteiger partial charge < -0.3 is 5.11 Å². The number of Topliss-reactive ketones (excluding diaryl/α,β-unsaturated/α-hetero) is 2. The van der Waals surface area contributed by atoms with Gasteiger partial charge >= 0.3 is 0 Å². The fraction of sp³-hybridized carbons (Fsp3) is 0.364. The topological polar surface area (TPSA) is 97.5 Å². The Morgan fingerprint density at radius 3 is 1.89 bits per heavy atom. The number of carbonyl (C=O) groups excluding carboxylic acids is 2. The maximum absolute atomic E-state index is 13.6. The van der Waals surface area contributed by atoms with Crippen molar-refractivity contribution in [2.24, 2.45) is 17.3 Å². The van der Waals surface area contributed by atoms with E-state index in [1.54, 1.807) is 68.4 Å². The maximum atomic E-state index is 13.6. The quantitative estimate of drug-likeness (QED) is 0.491. The smallest absolute Gasteiger partial charge is 0.224 e. The highest BCUT2D eigenvalue weighted by Gasteiger charge is 2.71. The molecular formula is C22H21NO5. The van der Waals surface area contributed by atoms with Crippen molar-refractivity contribution in [3.8, 4) is 0 Å². The molecule has 4 rings (SSSR count). The number of hydrogen-bond donors (Lipinski definition) is 1. The third-order valence-corrected chi connectivity index (χ3v) is 6.73. The number of ketones is 2. The average Bonchev–Trinajstić information content (AvgIpc) is 2.92. The lowest BCUT2D eigenvalue weighted by Crippen LogP contribution is -2.63. The van der Waals surface area contributed by atoms with Crippen molar-refractivity contribution >= 4 is 11.6 Å². The van der Waals surface area contributed by atoms with E-state index in [0.29, 0.717) is 5.56 Å². The second kappa shape index (κ2) is 6.34. The predicted molar refractivity (Wildman–Crippen MR) is 102 cm³/mol. The molecule has 0 radical (unpaired) electrons. The number of rotatable bonds is 2. The first-order valence-corrected chi connectivity index (χ1v) is 9.38. The summed E-state index contributed by atoms with van der Waals surface area (Å²) >= 11 is 0. The van der Waals surface area contributed by atoms with Crippen molar-refractivity contribution in [2.75, 3.05) is 0 Å². The summed E-state index contributed by atoms with van der Waals surface area (Å²) in [5.41, 5.74) is -0.890. The highest BCUT2D eigenvalue weighted by atomic mass is 16.6. The summed E-state index contributed by atoms with van der Waals surface area (Å²) in [5.74, 6) is -3.17. The summed E-state index contributed by atoms with van der Waals surface area (Å²) in [7, 11) is 0. The summed E-state index contributed by atoms with van der Waals surface area (Å²) < 4.78 is 0. The van der Waals surface area contributed by atoms with Gasteiger partial charge in [0.15, 0.2) is 11.6 Å². The van der Waals surface area contributed by atoms with Crippen LogP contribution in [0.3, 0.4) is 0 Å². The van der Waals surface area contributed by atoms with Crippen molar-refractivity contribution in [1.82, 2.24) is 0 Å². The minimum Gasteiger partial charge on any atom is -0.391 e. The van der Waals surface area contributed by atoms with Crippen LogP contribution in [0.4, 0.5) is 0 Å². The molecule has 144 valence electrons. The van der Waals surface area contributed by atoms with E-state index in [0.717, 1.165) is 0 Å². The monoisotopic (exact) mass is 379 g/mol. The van der Waals surface area contributed by atoms with Crippen molar-refractivity contribution in [2.45, 2.75) is 31.9 Å². The Labute approximate surface area is 162 Å². The molecule has 2 aromatic carbocycles. The first kappa shape index (κ1) is 18.5. The summed E-state index contributed by atoms with van der Waals surface area (Å²) in [5, 5.41) is 23.4. The van der Waals surface area contributed by atoms with E-state index in [1.807, 2.05) is 0 Å². The van der Waals surface area contributed by atoms with E-state index in [4.69, 9.17) is 0 Å². The van der Waals surface area contributed by atoms with Crippen molar-refractivity contribution in [3.63, 3.8) is 0 Å². The number of hydrogen-bond acceptors (Lipinski definition) is 5. The summed E-state index contributed by atoms with van der Waals surface area (Å²) in [4.78, 5) is 38.9. The number of benzene rings is 2. The van der Waals surface area contributed by atoms with Crippen LogP contribution in [0.15, 0.2) is 54.6 Å². The van der Waals surface area contributed by atoms with Crippen LogP contribution in [-0.2, 0) is 0 Å². The van der Waals surface area contributed by atoms with Crippen LogP contribution in [-0.4, -0.2) is 33.7 Å². The largest absolute Gasteiger partial charge is 0.391 e. The first-order valence-electron chi connectivity index (χ1n) is 9.38. The minimum atomic E-state index is -1.88. The van der Waals surface area contributed by atoms with Gasteiger partial charge in [0.1, 0.15) is 5.41 Å². The second-order valence-electron chi connectivity index (χ2n) is 7.90. The SMILES string of the molecule is C[C@@H]1[C@@H](C)[C@H](O)C2(C(=O)c3ccccc3C2=O)[C@H](c2ccccc2)[C@H]1[N+](=O)[O-]. The maximum Gasteiger partial charge on any atom is 0.224 e. The summed E-state index contributed by atoms with van der Waals surface area (Å²) in [6, 6.07) is 13.9. The Balaban J connectivity index is 2.04. The van der Waals surface area contributed by atoms with Gasteiger partial charge in [-0.25, -0.2) is 0 Å². The highest BCUT2D eigenvalue weighted by molar-refractivity contribution is 6.30. The fourth-order valence-corrected chi connectivity index (χ4v) is 5.18. The molecule has 0 amide bonds. The predicted octanol–water partition coefficient (Wildman–Crippen LogP) is 3.13. The summed E-state index contributed by atoms with van der Waals surface area (Å²) in [6.45, 7) is 3.39. The van der Waals surface area contributed by atoms with E-state index >= 15 is 0 Å². The van der Waals surface area contributed by atoms with Crippen molar-refractivity contribution < 1.29 is 19.6 Å². The fourth-order valence-electron chi connectivity index (χ4n) is 5.18. The van der Waals surface area contributed by atoms with Gasteiger partial charge in [-0.05, 0) is 11.5 Å². The summed E-state index contributed by atoms with van der Waals surface area (Å²) in [6.07, 6.45) is -1.31. The lowest BCUT2D eigenvalue weighted by atomic mass is 9.52. The molecule has 0 saturated heterocycles. The van der Waals surface area contributed by atoms with Crippen LogP contribution in [0.25, 0.3) is 0 Å². The van der Waals surface area contributed by atoms with Crippen molar-refractivity contribution in [1.29, 1.82) is 0 Å². The van der Waals surface area contributed by atoms with Crippen LogP contribution in [0.1, 0.15) is 46.0 Å². The van der Waals surface area contributed by atoms with Gasteiger partial charge in [0, 0.05) is 22.0 Å². The molecule has 0 heterocycles. The van der Waals surface area contributed by atoms with E-state index in [9.17, 15) is 24.8 Å². The molecule has 0 unspecified atom stereocenters. The normalized spacial score (nSPS) is 31.0. The minimum absolute atomic E-state index is 0.233. The molecule has 2 aliphatic carbocycles. The Kier molecular flexibility index (Phi) is 4.19. The number of aliphatic hydroxyl groups is 1. The molecule has 0 aliphatic heterocycles. The Morgan fingerprint density at radius 2 is 1.39 bits per heavy atom. The van der Waals surface area contributed by atoms with Gasteiger partial charge in [-0.3, -0.25) is 19.7 Å². The molecule has 1 spiro atoms. The lowest BCUT2D eigenvalue weighted by molar-refractivity contribution is -0.545. The van der Waals surface area contributed by atoms with E-state index in [1.165, 1.54) is 0 Å². The lowest BCUT2D eigenvalue weighted by Gasteiger charge is -2.49. The van der Waals surface area contributed by atoms with Gasteiger partial charge in [0.2, 0.25) is 6.04 Å². The van der Waals surface area contributed by atoms with Crippen LogP contribution in [0.5, 0.6) is 0 Å². The van der Waals surface area contributed by atoms with Gasteiger partial charge in [0.05, 0.1) is 12.0 Å². The van der Waals surface area contributed by atoms with Gasteiger partial charge in [-0.15, -0.1) is 0 Å². The molecule has 2 aromatic rings. The third-order valence-electron chi connectivity index (χ3n) is 6.73. The first-order chi connectivity index (χ1) is 13.3. The zero-order valence-electron chi connectivity index (χ0n) is 15.6. The molecule has 6 heteroatoms. The number of aliphatic hydroxyl groups excluding tert-OH is 1. The molecule has 6 nitrogen and oxygen atoms in total. The second-order valence-corrected chi connectivity index (χ2v) is 7.90. The van der Waals surface area contributed by atoms with Gasteiger partial charge in [-0.1, -0.05) is 68.4 Å². The molecule has 1 saturated carbocycles. The molecular weight excluding hydrogens is 358 g/mol. The highest BCUT2D eigenvalue weighted by Crippen LogP contribution is 2.58. The van der Waals surface area contributed by atoms with E-state index in [-0.39, 0.29) is 11.1 Å². The van der Waals surface area contributed by atoms with Crippen LogP contribution >= 0.6 is 0 Å². The van der Waals surface area contributed by atoms with Crippen LogP contribution < -0.4 is 0 Å². The molecule has 1 N–H and O–H groups in total. The Hall–Kier alpha value is -2.86. The van der Waals surface area contributed by atoms with E-state index < -0.39 is 51.8 Å². The van der Waals surface area contributed by atoms with Crippen LogP contribution in [0, 0.1) is 27.4 Å². The number of nitrogens with zero attached hydrogens (tertiary/aromatic N) is 1. The number of fused-ring (bicyclic) bond motifs is 1. The van der Waals surface area contributed by atoms with Crippen molar-refractivity contribution in [3.05, 3.63) is 81.4 Å². The average molecular weight is 379 g/mol. The Morgan fingerprint density at radius 1 is 0.893 bits per heavy atom.